The highest BCUT2D eigenvalue weighted by Gasteiger charge is 2.16. The highest BCUT2D eigenvalue weighted by Crippen LogP contribution is 2.21. The van der Waals surface area contributed by atoms with Crippen LogP contribution in [0.1, 0.15) is 23.6 Å². The van der Waals surface area contributed by atoms with Crippen LogP contribution in [0.3, 0.4) is 0 Å². The normalized spacial score (nSPS) is 11.2. The molecule has 0 unspecified atom stereocenters. The first-order chi connectivity index (χ1) is 11.2. The molecule has 0 fully saturated rings. The van der Waals surface area contributed by atoms with Crippen LogP contribution in [0, 0.1) is 0 Å². The smallest absolute Gasteiger partial charge is 0.274 e. The molecule has 2 aromatic carbocycles. The molecule has 0 N–H and O–H groups in total. The zero-order valence-electron chi connectivity index (χ0n) is 13.1. The minimum atomic E-state index is -0.673. The third kappa shape index (κ3) is 4.33. The average molecular weight is 332 g/mol. The first-order valence-corrected chi connectivity index (χ1v) is 7.65. The fraction of sp³-hybridized carbons (Fsp3) is 0.222. The molecule has 0 spiro atoms. The molecule has 0 aliphatic heterocycles. The topological polar surface area (TPSA) is 47.9 Å². The van der Waals surface area contributed by atoms with Crippen molar-refractivity contribution in [3.8, 4) is 5.75 Å². The lowest BCUT2D eigenvalue weighted by Gasteiger charge is -2.13. The van der Waals surface area contributed by atoms with Crippen molar-refractivity contribution in [2.75, 3.05) is 7.11 Å². The summed E-state index contributed by atoms with van der Waals surface area (Å²) >= 11 is 5.60. The van der Waals surface area contributed by atoms with Gasteiger partial charge in [-0.15, -0.1) is 0 Å². The van der Waals surface area contributed by atoms with Crippen LogP contribution in [0.4, 0.5) is 0 Å². The summed E-state index contributed by atoms with van der Waals surface area (Å²) in [4.78, 5) is 16.3. The molecule has 5 heteroatoms. The Morgan fingerprint density at radius 1 is 1.09 bits per heavy atom. The van der Waals surface area contributed by atoms with Crippen LogP contribution in [0.5, 0.6) is 5.75 Å². The number of oxime groups is 1. The van der Waals surface area contributed by atoms with E-state index in [1.165, 1.54) is 7.11 Å². The van der Waals surface area contributed by atoms with Crippen LogP contribution in [-0.4, -0.2) is 18.1 Å². The number of benzene rings is 2. The van der Waals surface area contributed by atoms with Crippen molar-refractivity contribution in [3.05, 3.63) is 65.2 Å². The molecular weight excluding hydrogens is 314 g/mol. The van der Waals surface area contributed by atoms with E-state index >= 15 is 0 Å². The van der Waals surface area contributed by atoms with Crippen molar-refractivity contribution in [1.29, 1.82) is 0 Å². The van der Waals surface area contributed by atoms with Crippen LogP contribution in [0.15, 0.2) is 53.7 Å². The molecule has 0 heterocycles. The minimum absolute atomic E-state index is 0.0668. The van der Waals surface area contributed by atoms with E-state index in [0.29, 0.717) is 12.2 Å². The Kier molecular flexibility index (Phi) is 6.18. The molecule has 0 aromatic heterocycles. The molecule has 23 heavy (non-hydrogen) atoms. The number of rotatable bonds is 7. The zero-order valence-corrected chi connectivity index (χ0v) is 13.8. The average Bonchev–Trinajstić information content (AvgIpc) is 2.58. The molecule has 2 rings (SSSR count). The predicted molar refractivity (Wildman–Crippen MR) is 91.0 cm³/mol. The lowest BCUT2D eigenvalue weighted by Crippen LogP contribution is -2.14. The maximum Gasteiger partial charge on any atom is 0.274 e. The Bertz CT molecular complexity index is 713. The van der Waals surface area contributed by atoms with Gasteiger partial charge in [0.25, 0.3) is 5.24 Å². The van der Waals surface area contributed by atoms with Crippen molar-refractivity contribution >= 4 is 22.6 Å². The monoisotopic (exact) mass is 331 g/mol. The second-order valence-electron chi connectivity index (χ2n) is 4.80. The Balaban J connectivity index is 2.27. The van der Waals surface area contributed by atoms with Gasteiger partial charge in [0.05, 0.1) is 0 Å². The molecule has 0 aliphatic carbocycles. The van der Waals surface area contributed by atoms with Gasteiger partial charge in [-0.25, -0.2) is 0 Å². The van der Waals surface area contributed by atoms with Crippen molar-refractivity contribution in [1.82, 2.24) is 0 Å². The molecule has 0 radical (unpaired) electrons. The van der Waals surface area contributed by atoms with Crippen LogP contribution >= 0.6 is 11.6 Å². The van der Waals surface area contributed by atoms with Gasteiger partial charge in [0, 0.05) is 5.56 Å². The Labute approximate surface area is 140 Å². The molecule has 0 saturated heterocycles. The molecule has 0 aliphatic rings. The van der Waals surface area contributed by atoms with E-state index in [1.807, 2.05) is 42.5 Å². The lowest BCUT2D eigenvalue weighted by atomic mass is 10.0. The zero-order chi connectivity index (χ0) is 16.7. The summed E-state index contributed by atoms with van der Waals surface area (Å²) in [6.07, 6.45) is 0.883. The number of para-hydroxylation sites is 1. The third-order valence-electron chi connectivity index (χ3n) is 3.38. The van der Waals surface area contributed by atoms with Gasteiger partial charge in [-0.05, 0) is 35.2 Å². The largest absolute Gasteiger partial charge is 0.489 e. The van der Waals surface area contributed by atoms with Gasteiger partial charge >= 0.3 is 0 Å². The van der Waals surface area contributed by atoms with Crippen LogP contribution < -0.4 is 4.74 Å². The molecule has 0 bridgehead atoms. The number of nitrogens with zero attached hydrogens (tertiary/aromatic N) is 1. The number of carbonyl (C=O) groups is 1. The number of ether oxygens (including phenoxy) is 1. The van der Waals surface area contributed by atoms with E-state index in [0.717, 1.165) is 23.3 Å². The highest BCUT2D eigenvalue weighted by molar-refractivity contribution is 6.84. The van der Waals surface area contributed by atoms with E-state index in [2.05, 4.69) is 12.1 Å². The fourth-order valence-electron chi connectivity index (χ4n) is 2.25. The molecule has 120 valence electrons. The fourth-order valence-corrected chi connectivity index (χ4v) is 2.39. The number of carbonyl (C=O) groups excluding carboxylic acids is 1. The summed E-state index contributed by atoms with van der Waals surface area (Å²) in [7, 11) is 1.37. The van der Waals surface area contributed by atoms with Crippen molar-refractivity contribution in [2.24, 2.45) is 5.16 Å². The van der Waals surface area contributed by atoms with E-state index in [9.17, 15) is 4.79 Å². The predicted octanol–water partition coefficient (Wildman–Crippen LogP) is 3.94. The van der Waals surface area contributed by atoms with Gasteiger partial charge in [0.1, 0.15) is 19.5 Å². The number of hydrogen-bond donors (Lipinski definition) is 0. The first kappa shape index (κ1) is 17.0. The third-order valence-corrected chi connectivity index (χ3v) is 3.56. The Morgan fingerprint density at radius 2 is 1.74 bits per heavy atom. The van der Waals surface area contributed by atoms with Crippen LogP contribution in [0.25, 0.3) is 0 Å². The van der Waals surface area contributed by atoms with E-state index in [-0.39, 0.29) is 5.71 Å². The van der Waals surface area contributed by atoms with Gasteiger partial charge in [0.15, 0.2) is 5.71 Å². The second-order valence-corrected chi connectivity index (χ2v) is 5.15. The van der Waals surface area contributed by atoms with Gasteiger partial charge in [-0.1, -0.05) is 54.5 Å². The SMILES string of the molecule is CCc1ccccc1OCc1ccccc1/C(=N\OC)C(=O)Cl. The maximum absolute atomic E-state index is 11.6. The summed E-state index contributed by atoms with van der Waals surface area (Å²) in [5.74, 6) is 0.826. The number of aryl methyl sites for hydroxylation is 1. The minimum Gasteiger partial charge on any atom is -0.489 e. The summed E-state index contributed by atoms with van der Waals surface area (Å²) < 4.78 is 5.91. The molecule has 0 saturated carbocycles. The molecule has 0 atom stereocenters. The van der Waals surface area contributed by atoms with Gasteiger partial charge in [-0.2, -0.15) is 0 Å². The second kappa shape index (κ2) is 8.34. The highest BCUT2D eigenvalue weighted by atomic mass is 35.5. The molecular formula is C18H18ClNO3. The van der Waals surface area contributed by atoms with Gasteiger partial charge in [-0.3, -0.25) is 4.79 Å². The molecule has 0 amide bonds. The lowest BCUT2D eigenvalue weighted by molar-refractivity contribution is -0.106. The Hall–Kier alpha value is -2.33. The van der Waals surface area contributed by atoms with Crippen molar-refractivity contribution < 1.29 is 14.4 Å². The number of halogens is 1. The van der Waals surface area contributed by atoms with E-state index < -0.39 is 5.24 Å². The van der Waals surface area contributed by atoms with Gasteiger partial charge in [0.2, 0.25) is 0 Å². The van der Waals surface area contributed by atoms with Crippen molar-refractivity contribution in [3.63, 3.8) is 0 Å². The van der Waals surface area contributed by atoms with Crippen LogP contribution in [0.2, 0.25) is 0 Å². The van der Waals surface area contributed by atoms with Gasteiger partial charge < -0.3 is 9.57 Å². The first-order valence-electron chi connectivity index (χ1n) is 7.27. The van der Waals surface area contributed by atoms with E-state index in [1.54, 1.807) is 6.07 Å². The van der Waals surface area contributed by atoms with Crippen molar-refractivity contribution in [2.45, 2.75) is 20.0 Å². The summed E-state index contributed by atoms with van der Waals surface area (Å²) in [6, 6.07) is 15.2. The van der Waals surface area contributed by atoms with E-state index in [4.69, 9.17) is 21.2 Å². The standard InChI is InChI=1S/C18H18ClNO3/c1-3-13-8-5-7-11-16(13)23-12-14-9-4-6-10-15(14)17(18(19)21)20-22-2/h4-11H,3,12H2,1-2H3/b20-17+. The number of hydrogen-bond acceptors (Lipinski definition) is 4. The summed E-state index contributed by atoms with van der Waals surface area (Å²) in [5, 5.41) is 3.05. The Morgan fingerprint density at radius 3 is 2.39 bits per heavy atom. The molecule has 2 aromatic rings. The molecule has 4 nitrogen and oxygen atoms in total. The summed E-state index contributed by atoms with van der Waals surface area (Å²) in [6.45, 7) is 2.38. The van der Waals surface area contributed by atoms with Crippen LogP contribution in [-0.2, 0) is 22.7 Å². The maximum atomic E-state index is 11.6. The quantitative estimate of drug-likeness (QED) is 0.438. The summed E-state index contributed by atoms with van der Waals surface area (Å²) in [5.41, 5.74) is 2.60.